The summed E-state index contributed by atoms with van der Waals surface area (Å²) in [6.07, 6.45) is 6.28. The lowest BCUT2D eigenvalue weighted by Gasteiger charge is -2.14. The summed E-state index contributed by atoms with van der Waals surface area (Å²) in [5.74, 6) is 0. The molecule has 0 saturated carbocycles. The Morgan fingerprint density at radius 2 is 1.89 bits per heavy atom. The molecule has 0 N–H and O–H groups in total. The Bertz CT molecular complexity index is 521. The number of hydrogen-bond acceptors (Lipinski definition) is 1. The van der Waals surface area contributed by atoms with Gasteiger partial charge in [0.05, 0.1) is 0 Å². The van der Waals surface area contributed by atoms with Crippen molar-refractivity contribution in [2.24, 2.45) is 0 Å². The van der Waals surface area contributed by atoms with Crippen LogP contribution in [0.4, 0.5) is 0 Å². The van der Waals surface area contributed by atoms with Gasteiger partial charge in [0.25, 0.3) is 0 Å². The van der Waals surface area contributed by atoms with E-state index < -0.39 is 0 Å². The van der Waals surface area contributed by atoms with E-state index in [-0.39, 0.29) is 0 Å². The molecule has 0 unspecified atom stereocenters. The van der Waals surface area contributed by atoms with Crippen molar-refractivity contribution in [3.63, 3.8) is 0 Å². The van der Waals surface area contributed by atoms with E-state index in [2.05, 4.69) is 46.9 Å². The van der Waals surface area contributed by atoms with Crippen molar-refractivity contribution in [1.82, 2.24) is 9.47 Å². The van der Waals surface area contributed by atoms with Gasteiger partial charge in [-0.15, -0.1) is 0 Å². The Hall–Kier alpha value is -1.28. The standard InChI is InChI=1S/C16H22N2/c1-14-5-6-15-7-12-18(16(15)13-14)11-4-10-17-8-2-3-9-17/h5-7,12-13H,2-4,8-11H2,1H3. The fraction of sp³-hybridized carbons (Fsp3) is 0.500. The predicted molar refractivity (Wildman–Crippen MR) is 77.0 cm³/mol. The summed E-state index contributed by atoms with van der Waals surface area (Å²) in [6, 6.07) is 8.94. The van der Waals surface area contributed by atoms with E-state index in [4.69, 9.17) is 0 Å². The SMILES string of the molecule is Cc1ccc2ccn(CCCN3CCCC3)c2c1. The Labute approximate surface area is 109 Å². The van der Waals surface area contributed by atoms with Gasteiger partial charge in [-0.25, -0.2) is 0 Å². The molecule has 0 bridgehead atoms. The van der Waals surface area contributed by atoms with E-state index in [0.29, 0.717) is 0 Å². The molecule has 2 heteroatoms. The minimum Gasteiger partial charge on any atom is -0.347 e. The van der Waals surface area contributed by atoms with Crippen LogP contribution in [0.1, 0.15) is 24.8 Å². The van der Waals surface area contributed by atoms with Crippen molar-refractivity contribution in [2.45, 2.75) is 32.7 Å². The van der Waals surface area contributed by atoms with Crippen molar-refractivity contribution in [3.05, 3.63) is 36.0 Å². The first-order valence-corrected chi connectivity index (χ1v) is 7.11. The minimum absolute atomic E-state index is 1.14. The first-order valence-electron chi connectivity index (χ1n) is 7.11. The van der Waals surface area contributed by atoms with Gasteiger partial charge in [-0.05, 0) is 68.9 Å². The Morgan fingerprint density at radius 3 is 2.72 bits per heavy atom. The molecule has 1 aromatic carbocycles. The van der Waals surface area contributed by atoms with Crippen LogP contribution < -0.4 is 0 Å². The van der Waals surface area contributed by atoms with Crippen LogP contribution >= 0.6 is 0 Å². The molecule has 3 rings (SSSR count). The molecule has 1 aliphatic rings. The third-order valence-electron chi connectivity index (χ3n) is 4.00. The molecule has 2 heterocycles. The van der Waals surface area contributed by atoms with Gasteiger partial charge in [-0.2, -0.15) is 0 Å². The highest BCUT2D eigenvalue weighted by Gasteiger charge is 2.10. The molecule has 0 aliphatic carbocycles. The van der Waals surface area contributed by atoms with E-state index in [9.17, 15) is 0 Å². The van der Waals surface area contributed by atoms with Crippen LogP contribution in [0.3, 0.4) is 0 Å². The summed E-state index contributed by atoms with van der Waals surface area (Å²) in [4.78, 5) is 2.59. The number of nitrogens with zero attached hydrogens (tertiary/aromatic N) is 2. The first kappa shape index (κ1) is 11.8. The molecule has 0 atom stereocenters. The molecule has 2 aromatic rings. The summed E-state index contributed by atoms with van der Waals surface area (Å²) < 4.78 is 2.40. The lowest BCUT2D eigenvalue weighted by Crippen LogP contribution is -2.21. The van der Waals surface area contributed by atoms with Gasteiger partial charge < -0.3 is 9.47 Å². The molecule has 0 spiro atoms. The maximum absolute atomic E-state index is 2.59. The molecule has 0 radical (unpaired) electrons. The summed E-state index contributed by atoms with van der Waals surface area (Å²) in [6.45, 7) is 7.19. The van der Waals surface area contributed by atoms with Gasteiger partial charge in [0.2, 0.25) is 0 Å². The number of hydrogen-bond donors (Lipinski definition) is 0. The van der Waals surface area contributed by atoms with Crippen molar-refractivity contribution in [2.75, 3.05) is 19.6 Å². The molecule has 2 nitrogen and oxygen atoms in total. The van der Waals surface area contributed by atoms with Crippen LogP contribution in [-0.4, -0.2) is 29.1 Å². The lowest BCUT2D eigenvalue weighted by atomic mass is 10.2. The minimum atomic E-state index is 1.14. The van der Waals surface area contributed by atoms with E-state index in [1.165, 1.54) is 55.4 Å². The molecule has 1 saturated heterocycles. The second kappa shape index (κ2) is 5.15. The Kier molecular flexibility index (Phi) is 3.37. The molecule has 0 amide bonds. The highest BCUT2D eigenvalue weighted by molar-refractivity contribution is 5.80. The summed E-state index contributed by atoms with van der Waals surface area (Å²) in [7, 11) is 0. The number of benzene rings is 1. The van der Waals surface area contributed by atoms with E-state index in [1.54, 1.807) is 0 Å². The van der Waals surface area contributed by atoms with Crippen molar-refractivity contribution in [1.29, 1.82) is 0 Å². The molecule has 1 aliphatic heterocycles. The number of aryl methyl sites for hydroxylation is 2. The molecular weight excluding hydrogens is 220 g/mol. The zero-order valence-corrected chi connectivity index (χ0v) is 11.2. The second-order valence-corrected chi connectivity index (χ2v) is 5.47. The monoisotopic (exact) mass is 242 g/mol. The lowest BCUT2D eigenvalue weighted by molar-refractivity contribution is 0.326. The number of aromatic nitrogens is 1. The average molecular weight is 242 g/mol. The predicted octanol–water partition coefficient (Wildman–Crippen LogP) is 3.44. The maximum atomic E-state index is 2.59. The zero-order valence-electron chi connectivity index (χ0n) is 11.2. The van der Waals surface area contributed by atoms with Crippen LogP contribution in [-0.2, 0) is 6.54 Å². The molecule has 96 valence electrons. The van der Waals surface area contributed by atoms with Crippen molar-refractivity contribution in [3.8, 4) is 0 Å². The van der Waals surface area contributed by atoms with E-state index >= 15 is 0 Å². The van der Waals surface area contributed by atoms with E-state index in [1.807, 2.05) is 0 Å². The van der Waals surface area contributed by atoms with Crippen LogP contribution in [0.15, 0.2) is 30.5 Å². The third kappa shape index (κ3) is 2.44. The van der Waals surface area contributed by atoms with Crippen LogP contribution in [0, 0.1) is 6.92 Å². The quantitative estimate of drug-likeness (QED) is 0.797. The first-order chi connectivity index (χ1) is 8.83. The van der Waals surface area contributed by atoms with Crippen LogP contribution in [0.2, 0.25) is 0 Å². The number of rotatable bonds is 4. The fourth-order valence-electron chi connectivity index (χ4n) is 2.96. The smallest absolute Gasteiger partial charge is 0.0482 e. The fourth-order valence-corrected chi connectivity index (χ4v) is 2.96. The Balaban J connectivity index is 1.65. The van der Waals surface area contributed by atoms with E-state index in [0.717, 1.165) is 6.54 Å². The number of fused-ring (bicyclic) bond motifs is 1. The molecule has 18 heavy (non-hydrogen) atoms. The molecule has 1 fully saturated rings. The highest BCUT2D eigenvalue weighted by Crippen LogP contribution is 2.18. The summed E-state index contributed by atoms with van der Waals surface area (Å²) >= 11 is 0. The summed E-state index contributed by atoms with van der Waals surface area (Å²) in [5, 5.41) is 1.36. The van der Waals surface area contributed by atoms with Gasteiger partial charge in [-0.1, -0.05) is 12.1 Å². The van der Waals surface area contributed by atoms with Crippen LogP contribution in [0.5, 0.6) is 0 Å². The molecule has 1 aromatic heterocycles. The zero-order chi connectivity index (χ0) is 12.4. The van der Waals surface area contributed by atoms with Gasteiger partial charge in [0, 0.05) is 18.3 Å². The van der Waals surface area contributed by atoms with Gasteiger partial charge >= 0.3 is 0 Å². The van der Waals surface area contributed by atoms with Gasteiger partial charge in [0.1, 0.15) is 0 Å². The topological polar surface area (TPSA) is 8.17 Å². The Morgan fingerprint density at radius 1 is 1.06 bits per heavy atom. The van der Waals surface area contributed by atoms with Crippen LogP contribution in [0.25, 0.3) is 10.9 Å². The highest BCUT2D eigenvalue weighted by atomic mass is 15.1. The third-order valence-corrected chi connectivity index (χ3v) is 4.00. The van der Waals surface area contributed by atoms with Crippen molar-refractivity contribution < 1.29 is 0 Å². The van der Waals surface area contributed by atoms with Gasteiger partial charge in [-0.3, -0.25) is 0 Å². The average Bonchev–Trinajstić information content (AvgIpc) is 2.99. The largest absolute Gasteiger partial charge is 0.347 e. The number of likely N-dealkylation sites (tertiary alicyclic amines) is 1. The normalized spacial score (nSPS) is 16.7. The second-order valence-electron chi connectivity index (χ2n) is 5.47. The van der Waals surface area contributed by atoms with Crippen molar-refractivity contribution >= 4 is 10.9 Å². The summed E-state index contributed by atoms with van der Waals surface area (Å²) in [5.41, 5.74) is 2.73. The maximum Gasteiger partial charge on any atom is 0.0482 e. The molecular formula is C16H22N2. The van der Waals surface area contributed by atoms with Gasteiger partial charge in [0.15, 0.2) is 0 Å².